The first-order valence-electron chi connectivity index (χ1n) is 8.56. The highest BCUT2D eigenvalue weighted by atomic mass is 35.5. The minimum atomic E-state index is -4.74. The number of nitrogens with zero attached hydrogens (tertiary/aromatic N) is 3. The molecule has 2 aromatic rings. The summed E-state index contributed by atoms with van der Waals surface area (Å²) in [6.45, 7) is 1.69. The van der Waals surface area contributed by atoms with Gasteiger partial charge in [-0.25, -0.2) is 4.98 Å². The maximum absolute atomic E-state index is 13.6. The normalized spacial score (nSPS) is 14.5. The van der Waals surface area contributed by atoms with Gasteiger partial charge in [0.25, 0.3) is 0 Å². The molecular formula is C19H15ClF3N3O2S. The number of alkyl halides is 3. The summed E-state index contributed by atoms with van der Waals surface area (Å²) in [6.07, 6.45) is -4.74. The van der Waals surface area contributed by atoms with Crippen molar-refractivity contribution in [3.63, 3.8) is 0 Å². The number of aromatic nitrogens is 1. The number of benzene rings is 1. The smallest absolute Gasteiger partial charge is 0.378 e. The fourth-order valence-corrected chi connectivity index (χ4v) is 3.79. The van der Waals surface area contributed by atoms with Gasteiger partial charge in [-0.05, 0) is 18.2 Å². The van der Waals surface area contributed by atoms with Gasteiger partial charge < -0.3 is 9.64 Å². The van der Waals surface area contributed by atoms with Gasteiger partial charge in [-0.15, -0.1) is 0 Å². The van der Waals surface area contributed by atoms with Crippen LogP contribution in [0.25, 0.3) is 11.3 Å². The maximum atomic E-state index is 13.6. The Labute approximate surface area is 174 Å². The second-order valence-corrected chi connectivity index (χ2v) is 7.53. The summed E-state index contributed by atoms with van der Waals surface area (Å²) in [5.74, 6) is -0.363. The molecule has 0 saturated carbocycles. The Morgan fingerprint density at radius 3 is 2.52 bits per heavy atom. The van der Waals surface area contributed by atoms with E-state index in [0.717, 1.165) is 17.8 Å². The number of carbonyl (C=O) groups excluding carboxylic acids is 1. The number of morpholine rings is 1. The molecular weight excluding hydrogens is 427 g/mol. The molecule has 1 aliphatic rings. The predicted molar refractivity (Wildman–Crippen MR) is 103 cm³/mol. The standard InChI is InChI=1S/C19H15ClF3N3O2S/c20-13-3-1-12(2-4-13)16-9-15(19(21,22)23)14(10-24)18(25-16)29-11-17(27)26-5-7-28-8-6-26/h1-4,9H,5-8,11H2. The zero-order valence-corrected chi connectivity index (χ0v) is 16.6. The fraction of sp³-hybridized carbons (Fsp3) is 0.316. The molecule has 0 aliphatic carbocycles. The van der Waals surface area contributed by atoms with Gasteiger partial charge in [-0.3, -0.25) is 4.79 Å². The maximum Gasteiger partial charge on any atom is 0.417 e. The van der Waals surface area contributed by atoms with Crippen LogP contribution in [0.2, 0.25) is 5.02 Å². The van der Waals surface area contributed by atoms with Crippen molar-refractivity contribution in [3.8, 4) is 17.3 Å². The zero-order chi connectivity index (χ0) is 21.0. The van der Waals surface area contributed by atoms with E-state index in [-0.39, 0.29) is 22.4 Å². The Balaban J connectivity index is 1.95. The number of nitriles is 1. The van der Waals surface area contributed by atoms with Crippen LogP contribution in [0.4, 0.5) is 13.2 Å². The van der Waals surface area contributed by atoms with Crippen LogP contribution in [-0.2, 0) is 15.7 Å². The lowest BCUT2D eigenvalue weighted by Gasteiger charge is -2.26. The van der Waals surface area contributed by atoms with E-state index in [1.807, 2.05) is 0 Å². The fourth-order valence-electron chi connectivity index (χ4n) is 2.76. The van der Waals surface area contributed by atoms with Crippen molar-refractivity contribution in [2.45, 2.75) is 11.2 Å². The molecule has 5 nitrogen and oxygen atoms in total. The highest BCUT2D eigenvalue weighted by molar-refractivity contribution is 8.00. The van der Waals surface area contributed by atoms with Crippen molar-refractivity contribution in [2.75, 3.05) is 32.1 Å². The van der Waals surface area contributed by atoms with E-state index in [4.69, 9.17) is 16.3 Å². The highest BCUT2D eigenvalue weighted by Crippen LogP contribution is 2.38. The topological polar surface area (TPSA) is 66.2 Å². The Kier molecular flexibility index (Phi) is 6.67. The van der Waals surface area contributed by atoms with Crippen LogP contribution in [0.15, 0.2) is 35.4 Å². The summed E-state index contributed by atoms with van der Waals surface area (Å²) < 4.78 is 45.9. The van der Waals surface area contributed by atoms with Crippen LogP contribution >= 0.6 is 23.4 Å². The molecule has 0 N–H and O–H groups in total. The molecule has 152 valence electrons. The molecule has 29 heavy (non-hydrogen) atoms. The van der Waals surface area contributed by atoms with Crippen LogP contribution in [0.1, 0.15) is 11.1 Å². The molecule has 0 unspecified atom stereocenters. The van der Waals surface area contributed by atoms with Crippen LogP contribution < -0.4 is 0 Å². The van der Waals surface area contributed by atoms with Crippen LogP contribution in [0.3, 0.4) is 0 Å². The van der Waals surface area contributed by atoms with Crippen molar-refractivity contribution in [2.24, 2.45) is 0 Å². The van der Waals surface area contributed by atoms with Crippen LogP contribution in [0, 0.1) is 11.3 Å². The van der Waals surface area contributed by atoms with E-state index in [9.17, 15) is 23.2 Å². The average molecular weight is 442 g/mol. The second-order valence-electron chi connectivity index (χ2n) is 6.13. The summed E-state index contributed by atoms with van der Waals surface area (Å²) in [6, 6.07) is 8.61. The van der Waals surface area contributed by atoms with E-state index in [1.165, 1.54) is 0 Å². The first kappa shape index (κ1) is 21.4. The van der Waals surface area contributed by atoms with Crippen molar-refractivity contribution in [1.82, 2.24) is 9.88 Å². The lowest BCUT2D eigenvalue weighted by atomic mass is 10.1. The van der Waals surface area contributed by atoms with Crippen molar-refractivity contribution >= 4 is 29.3 Å². The number of carbonyl (C=O) groups is 1. The molecule has 10 heteroatoms. The summed E-state index contributed by atoms with van der Waals surface area (Å²) in [5, 5.41) is 9.65. The number of amides is 1. The van der Waals surface area contributed by atoms with Gasteiger partial charge in [0.15, 0.2) is 0 Å². The predicted octanol–water partition coefficient (Wildman–Crippen LogP) is 4.24. The van der Waals surface area contributed by atoms with Gasteiger partial charge in [0.2, 0.25) is 5.91 Å². The minimum Gasteiger partial charge on any atom is -0.378 e. The molecule has 0 bridgehead atoms. The van der Waals surface area contributed by atoms with Crippen LogP contribution in [0.5, 0.6) is 0 Å². The lowest BCUT2D eigenvalue weighted by Crippen LogP contribution is -2.41. The number of thioether (sulfide) groups is 1. The minimum absolute atomic E-state index is 0.0503. The molecule has 1 aromatic carbocycles. The molecule has 0 atom stereocenters. The first-order valence-corrected chi connectivity index (χ1v) is 9.92. The SMILES string of the molecule is N#Cc1c(C(F)(F)F)cc(-c2ccc(Cl)cc2)nc1SCC(=O)N1CCOCC1. The lowest BCUT2D eigenvalue weighted by molar-refractivity contribution is -0.138. The van der Waals surface area contributed by atoms with E-state index < -0.39 is 17.3 Å². The third-order valence-electron chi connectivity index (χ3n) is 4.24. The summed E-state index contributed by atoms with van der Waals surface area (Å²) in [4.78, 5) is 18.2. The Hall–Kier alpha value is -2.28. The number of ether oxygens (including phenoxy) is 1. The summed E-state index contributed by atoms with van der Waals surface area (Å²) in [5.41, 5.74) is -1.20. The van der Waals surface area contributed by atoms with Gasteiger partial charge in [-0.2, -0.15) is 18.4 Å². The quantitative estimate of drug-likeness (QED) is 0.664. The molecule has 2 heterocycles. The molecule has 1 aromatic heterocycles. The number of hydrogen-bond donors (Lipinski definition) is 0. The van der Waals surface area contributed by atoms with E-state index in [1.54, 1.807) is 35.2 Å². The van der Waals surface area contributed by atoms with Crippen molar-refractivity contribution in [3.05, 3.63) is 46.5 Å². The number of pyridine rings is 1. The molecule has 0 radical (unpaired) electrons. The number of hydrogen-bond acceptors (Lipinski definition) is 5. The highest BCUT2D eigenvalue weighted by Gasteiger charge is 2.36. The van der Waals surface area contributed by atoms with E-state index in [0.29, 0.717) is 36.9 Å². The third kappa shape index (κ3) is 5.21. The first-order chi connectivity index (χ1) is 13.8. The Bertz CT molecular complexity index is 939. The molecule has 0 spiro atoms. The van der Waals surface area contributed by atoms with Gasteiger partial charge in [0.1, 0.15) is 11.1 Å². The number of halogens is 4. The average Bonchev–Trinajstić information content (AvgIpc) is 2.71. The summed E-state index contributed by atoms with van der Waals surface area (Å²) >= 11 is 6.67. The van der Waals surface area contributed by atoms with Crippen molar-refractivity contribution in [1.29, 1.82) is 5.26 Å². The van der Waals surface area contributed by atoms with Gasteiger partial charge in [0, 0.05) is 23.7 Å². The molecule has 3 rings (SSSR count). The zero-order valence-electron chi connectivity index (χ0n) is 15.0. The van der Waals surface area contributed by atoms with E-state index >= 15 is 0 Å². The van der Waals surface area contributed by atoms with Gasteiger partial charge >= 0.3 is 6.18 Å². The molecule has 1 fully saturated rings. The molecule has 1 aliphatic heterocycles. The summed E-state index contributed by atoms with van der Waals surface area (Å²) in [7, 11) is 0. The second kappa shape index (κ2) is 9.03. The van der Waals surface area contributed by atoms with Gasteiger partial charge in [-0.1, -0.05) is 35.5 Å². The Morgan fingerprint density at radius 1 is 1.28 bits per heavy atom. The molecule has 1 amide bonds. The largest absolute Gasteiger partial charge is 0.417 e. The van der Waals surface area contributed by atoms with Gasteiger partial charge in [0.05, 0.1) is 35.8 Å². The molecule has 1 saturated heterocycles. The Morgan fingerprint density at radius 2 is 1.93 bits per heavy atom. The third-order valence-corrected chi connectivity index (χ3v) is 5.45. The van der Waals surface area contributed by atoms with Crippen LogP contribution in [-0.4, -0.2) is 47.8 Å². The van der Waals surface area contributed by atoms with E-state index in [2.05, 4.69) is 4.98 Å². The number of rotatable bonds is 4. The monoisotopic (exact) mass is 441 g/mol. The van der Waals surface area contributed by atoms with Crippen molar-refractivity contribution < 1.29 is 22.7 Å².